The third-order valence-electron chi connectivity index (χ3n) is 12.1. The van der Waals surface area contributed by atoms with Gasteiger partial charge in [-0.2, -0.15) is 0 Å². The van der Waals surface area contributed by atoms with Crippen LogP contribution < -0.4 is 0 Å². The van der Waals surface area contributed by atoms with Crippen LogP contribution in [-0.2, 0) is 44.9 Å². The second kappa shape index (κ2) is 15.5. The molecule has 0 nitrogen and oxygen atoms in total. The van der Waals surface area contributed by atoms with Gasteiger partial charge in [-0.25, -0.2) is 0 Å². The molecule has 0 heterocycles. The van der Waals surface area contributed by atoms with E-state index in [1.54, 1.807) is 17.6 Å². The molecule has 280 valence electrons. The fourth-order valence-electron chi connectivity index (χ4n) is 9.29. The standard InChI is InChI=1S/C35H37.C15H14.C5H5.Zr/c1-22-13-9-11-15-26(22)30-18-24-17-25-19-31(27-16-12-10-14-23(27)2)33(35(6,7)8)21-29(25)28(24)20-32(30)34(3,4)5;1-3-8-14(9-4-1)12-7-13-15-10-5-2-6-11-15;1-2-4-5-3-1;/h9-21H,1-8H3;1-6,8-11H,12-13H2;1-3H,4H2;. The molecule has 1 heteroatoms. The minimum absolute atomic E-state index is 0.0315. The van der Waals surface area contributed by atoms with E-state index in [1.807, 2.05) is 0 Å². The van der Waals surface area contributed by atoms with Gasteiger partial charge in [0.05, 0.1) is 0 Å². The van der Waals surface area contributed by atoms with E-state index in [2.05, 4.69) is 207 Å². The van der Waals surface area contributed by atoms with Gasteiger partial charge in [0, 0.05) is 0 Å². The summed E-state index contributed by atoms with van der Waals surface area (Å²) in [5, 5.41) is 0. The molecule has 0 saturated carbocycles. The van der Waals surface area contributed by atoms with Crippen LogP contribution in [0.3, 0.4) is 0 Å². The molecule has 6 aromatic rings. The molecule has 0 amide bonds. The maximum absolute atomic E-state index is 2.81. The molecule has 0 unspecified atom stereocenters. The van der Waals surface area contributed by atoms with E-state index in [4.69, 9.17) is 0 Å². The summed E-state index contributed by atoms with van der Waals surface area (Å²) in [5.74, 6) is 0. The molecule has 0 spiro atoms. The molecule has 6 aromatic carbocycles. The SMILES string of the molecule is Cc1ccccc1-c1cc2c(cc1C(C)(C)C)-c1cc(C(C)(C)C)c(-c3ccccc3C)cc1[CH]2[Zr]([C]1=CC=CC1)=[C](Cc1ccccc1)Cc1ccccc1. The second-order valence-corrected chi connectivity index (χ2v) is 25.0. The van der Waals surface area contributed by atoms with E-state index in [9.17, 15) is 0 Å². The van der Waals surface area contributed by atoms with Crippen molar-refractivity contribution in [1.82, 2.24) is 0 Å². The molecule has 56 heavy (non-hydrogen) atoms. The maximum atomic E-state index is 2.68. The van der Waals surface area contributed by atoms with Gasteiger partial charge in [0.2, 0.25) is 0 Å². The Morgan fingerprint density at radius 1 is 0.518 bits per heavy atom. The summed E-state index contributed by atoms with van der Waals surface area (Å²) in [5.41, 5.74) is 19.9. The summed E-state index contributed by atoms with van der Waals surface area (Å²) in [6.45, 7) is 18.9. The van der Waals surface area contributed by atoms with Crippen molar-refractivity contribution in [3.8, 4) is 33.4 Å². The molecule has 2 aliphatic rings. The van der Waals surface area contributed by atoms with Gasteiger partial charge in [-0.15, -0.1) is 0 Å². The fourth-order valence-corrected chi connectivity index (χ4v) is 18.5. The first-order valence-electron chi connectivity index (χ1n) is 20.5. The molecule has 0 N–H and O–H groups in total. The van der Waals surface area contributed by atoms with Crippen LogP contribution in [0.25, 0.3) is 33.4 Å². The molecule has 0 aliphatic heterocycles. The summed E-state index contributed by atoms with van der Waals surface area (Å²) in [4.78, 5) is 0. The summed E-state index contributed by atoms with van der Waals surface area (Å²) in [7, 11) is 0. The van der Waals surface area contributed by atoms with Crippen molar-refractivity contribution in [3.63, 3.8) is 0 Å². The third kappa shape index (κ3) is 7.53. The molecule has 2 aliphatic carbocycles. The number of allylic oxidation sites excluding steroid dienone is 4. The van der Waals surface area contributed by atoms with E-state index < -0.39 is 21.3 Å². The number of fused-ring (bicyclic) bond motifs is 3. The number of rotatable bonds is 8. The fraction of sp³-hybridized carbons (Fsp3) is 0.255. The van der Waals surface area contributed by atoms with Crippen LogP contribution in [0.4, 0.5) is 0 Å². The first-order valence-corrected chi connectivity index (χ1v) is 24.4. The van der Waals surface area contributed by atoms with Crippen molar-refractivity contribution < 1.29 is 21.3 Å². The van der Waals surface area contributed by atoms with Crippen molar-refractivity contribution in [2.45, 2.75) is 89.1 Å². The Bertz CT molecular complexity index is 2360. The second-order valence-electron chi connectivity index (χ2n) is 18.2. The van der Waals surface area contributed by atoms with Crippen LogP contribution in [0.15, 0.2) is 155 Å². The van der Waals surface area contributed by atoms with Crippen LogP contribution in [0.2, 0.25) is 0 Å². The molecular weight excluding hydrogens is 752 g/mol. The Balaban J connectivity index is 1.51. The van der Waals surface area contributed by atoms with Crippen LogP contribution in [0.5, 0.6) is 0 Å². The predicted molar refractivity (Wildman–Crippen MR) is 239 cm³/mol. The Morgan fingerprint density at radius 2 is 0.946 bits per heavy atom. The van der Waals surface area contributed by atoms with E-state index >= 15 is 0 Å². The molecular formula is C55H56Zr. The zero-order valence-electron chi connectivity index (χ0n) is 34.6. The Kier molecular flexibility index (Phi) is 10.6. The zero-order valence-corrected chi connectivity index (χ0v) is 37.1. The average Bonchev–Trinajstić information content (AvgIpc) is 3.81. The molecule has 0 aromatic heterocycles. The van der Waals surface area contributed by atoms with E-state index in [0.29, 0.717) is 3.63 Å². The molecule has 0 radical (unpaired) electrons. The molecule has 0 saturated heterocycles. The quantitative estimate of drug-likeness (QED) is 0.144. The number of aryl methyl sites for hydroxylation is 2. The van der Waals surface area contributed by atoms with Crippen molar-refractivity contribution in [2.24, 2.45) is 0 Å². The summed E-state index contributed by atoms with van der Waals surface area (Å²) in [6, 6.07) is 51.3. The number of hydrogen-bond donors (Lipinski definition) is 0. The van der Waals surface area contributed by atoms with Gasteiger partial charge in [-0.1, -0.05) is 0 Å². The Labute approximate surface area is 344 Å². The number of benzene rings is 6. The van der Waals surface area contributed by atoms with Crippen molar-refractivity contribution in [1.29, 1.82) is 0 Å². The van der Waals surface area contributed by atoms with Crippen molar-refractivity contribution in [3.05, 3.63) is 199 Å². The summed E-state index contributed by atoms with van der Waals surface area (Å²) in [6.07, 6.45) is 10.4. The molecule has 0 bridgehead atoms. The molecule has 0 atom stereocenters. The van der Waals surface area contributed by atoms with Crippen LogP contribution in [0, 0.1) is 13.8 Å². The van der Waals surface area contributed by atoms with Crippen LogP contribution in [0.1, 0.15) is 96.1 Å². The van der Waals surface area contributed by atoms with Gasteiger partial charge in [-0.3, -0.25) is 0 Å². The average molecular weight is 808 g/mol. The van der Waals surface area contributed by atoms with Gasteiger partial charge < -0.3 is 0 Å². The number of hydrogen-bond acceptors (Lipinski definition) is 0. The summed E-state index contributed by atoms with van der Waals surface area (Å²) < 4.78 is 3.84. The summed E-state index contributed by atoms with van der Waals surface area (Å²) >= 11 is -2.81. The van der Waals surface area contributed by atoms with Gasteiger partial charge in [0.25, 0.3) is 0 Å². The normalized spacial score (nSPS) is 13.8. The Hall–Kier alpha value is -4.45. The van der Waals surface area contributed by atoms with Gasteiger partial charge in [0.1, 0.15) is 0 Å². The minimum atomic E-state index is -2.81. The van der Waals surface area contributed by atoms with E-state index in [-0.39, 0.29) is 10.8 Å². The first kappa shape index (κ1) is 38.4. The van der Waals surface area contributed by atoms with Crippen LogP contribution >= 0.6 is 0 Å². The zero-order chi connectivity index (χ0) is 39.2. The molecule has 8 rings (SSSR count). The van der Waals surface area contributed by atoms with Gasteiger partial charge >= 0.3 is 346 Å². The third-order valence-corrected chi connectivity index (χ3v) is 20.4. The van der Waals surface area contributed by atoms with Gasteiger partial charge in [0.15, 0.2) is 0 Å². The first-order chi connectivity index (χ1) is 26.9. The monoisotopic (exact) mass is 806 g/mol. The van der Waals surface area contributed by atoms with E-state index in [1.165, 1.54) is 66.8 Å². The van der Waals surface area contributed by atoms with Crippen LogP contribution in [-0.4, -0.2) is 3.21 Å². The van der Waals surface area contributed by atoms with Crippen molar-refractivity contribution in [2.75, 3.05) is 0 Å². The predicted octanol–water partition coefficient (Wildman–Crippen LogP) is 14.4. The molecule has 0 fully saturated rings. The topological polar surface area (TPSA) is 0 Å². The van der Waals surface area contributed by atoms with Crippen molar-refractivity contribution >= 4 is 3.21 Å². The van der Waals surface area contributed by atoms with Gasteiger partial charge in [-0.05, 0) is 0 Å². The van der Waals surface area contributed by atoms with E-state index in [0.717, 1.165) is 19.3 Å². The Morgan fingerprint density at radius 3 is 1.34 bits per heavy atom.